The van der Waals surface area contributed by atoms with Crippen LogP contribution >= 0.6 is 0 Å². The first-order valence-corrected chi connectivity index (χ1v) is 14.3. The van der Waals surface area contributed by atoms with E-state index in [2.05, 4.69) is 40.3 Å². The molecule has 7 nitrogen and oxygen atoms in total. The lowest BCUT2D eigenvalue weighted by Crippen LogP contribution is -2.54. The van der Waals surface area contributed by atoms with Crippen LogP contribution in [0.25, 0.3) is 0 Å². The molecule has 2 aliphatic carbocycles. The molecule has 2 amide bonds. The normalized spacial score (nSPS) is 20.9. The van der Waals surface area contributed by atoms with Gasteiger partial charge in [0.1, 0.15) is 18.7 Å². The minimum Gasteiger partial charge on any atom is -0.459 e. The molecule has 2 aliphatic rings. The van der Waals surface area contributed by atoms with Gasteiger partial charge >= 0.3 is 5.97 Å². The summed E-state index contributed by atoms with van der Waals surface area (Å²) in [5, 5.41) is 9.14. The largest absolute Gasteiger partial charge is 0.459 e. The molecule has 0 radical (unpaired) electrons. The van der Waals surface area contributed by atoms with Crippen molar-refractivity contribution in [1.29, 1.82) is 0 Å². The standard InChI is InChI=1S/C33H41N3O4/c1-23(2)18-30(33(39)40-22-25-14-8-4-9-15-25)36-32(38)29(19-24-12-6-3-7-13-24)35-31(37)21-34-28-20-27(28)26-16-10-5-11-17-26/h3-16,23,26-30,34H,17-22H2,1-2H3,(H,35,37)(H,36,38)/t26?,27-,28?,29-,30-/m1/s1. The summed E-state index contributed by atoms with van der Waals surface area (Å²) in [6, 6.07) is 17.7. The number of rotatable bonds is 14. The minimum atomic E-state index is -0.824. The number of ether oxygens (including phenoxy) is 1. The highest BCUT2D eigenvalue weighted by Crippen LogP contribution is 2.40. The van der Waals surface area contributed by atoms with Gasteiger partial charge in [0.2, 0.25) is 11.8 Å². The SMILES string of the molecule is CC(C)C[C@@H](NC(=O)[C@@H](Cc1ccccc1)NC(=O)CNC1C[C@@H]1C1C=CC=CC1)C(=O)OCc1ccccc1. The number of amides is 2. The maximum atomic E-state index is 13.5. The average molecular weight is 544 g/mol. The van der Waals surface area contributed by atoms with Gasteiger partial charge in [0, 0.05) is 12.5 Å². The van der Waals surface area contributed by atoms with E-state index >= 15 is 0 Å². The van der Waals surface area contributed by atoms with Crippen LogP contribution in [0.4, 0.5) is 0 Å². The topological polar surface area (TPSA) is 96.5 Å². The van der Waals surface area contributed by atoms with Gasteiger partial charge in [-0.1, -0.05) is 98.8 Å². The molecule has 3 N–H and O–H groups in total. The Morgan fingerprint density at radius 1 is 0.900 bits per heavy atom. The first-order valence-electron chi connectivity index (χ1n) is 14.3. The van der Waals surface area contributed by atoms with Crippen molar-refractivity contribution in [2.75, 3.05) is 6.54 Å². The summed E-state index contributed by atoms with van der Waals surface area (Å²) in [7, 11) is 0. The number of hydrogen-bond acceptors (Lipinski definition) is 5. The van der Waals surface area contributed by atoms with Gasteiger partial charge in [0.25, 0.3) is 0 Å². The molecular weight excluding hydrogens is 502 g/mol. The van der Waals surface area contributed by atoms with E-state index in [1.54, 1.807) is 0 Å². The quantitative estimate of drug-likeness (QED) is 0.312. The molecule has 212 valence electrons. The van der Waals surface area contributed by atoms with Gasteiger partial charge in [-0.05, 0) is 48.1 Å². The van der Waals surface area contributed by atoms with Crippen molar-refractivity contribution < 1.29 is 19.1 Å². The second-order valence-electron chi connectivity index (χ2n) is 11.2. The summed E-state index contributed by atoms with van der Waals surface area (Å²) in [6.07, 6.45) is 11.4. The Morgan fingerprint density at radius 2 is 1.60 bits per heavy atom. The van der Waals surface area contributed by atoms with Gasteiger partial charge in [-0.2, -0.15) is 0 Å². The highest BCUT2D eigenvalue weighted by Gasteiger charge is 2.41. The zero-order valence-corrected chi connectivity index (χ0v) is 23.4. The molecule has 0 saturated heterocycles. The van der Waals surface area contributed by atoms with E-state index in [4.69, 9.17) is 4.74 Å². The lowest BCUT2D eigenvalue weighted by Gasteiger charge is -2.24. The summed E-state index contributed by atoms with van der Waals surface area (Å²) >= 11 is 0. The third-order valence-electron chi connectivity index (χ3n) is 7.39. The van der Waals surface area contributed by atoms with Gasteiger partial charge in [-0.15, -0.1) is 0 Å². The van der Waals surface area contributed by atoms with Crippen LogP contribution in [0.5, 0.6) is 0 Å². The molecule has 0 heterocycles. The lowest BCUT2D eigenvalue weighted by atomic mass is 9.95. The molecule has 7 heteroatoms. The Balaban J connectivity index is 1.35. The Kier molecular flexibility index (Phi) is 10.7. The van der Waals surface area contributed by atoms with E-state index in [-0.39, 0.29) is 25.0 Å². The fourth-order valence-corrected chi connectivity index (χ4v) is 5.16. The van der Waals surface area contributed by atoms with E-state index in [0.717, 1.165) is 24.0 Å². The van der Waals surface area contributed by atoms with Crippen LogP contribution in [-0.4, -0.2) is 42.5 Å². The summed E-state index contributed by atoms with van der Waals surface area (Å²) in [4.78, 5) is 39.4. The van der Waals surface area contributed by atoms with Crippen molar-refractivity contribution in [1.82, 2.24) is 16.0 Å². The van der Waals surface area contributed by atoms with Crippen molar-refractivity contribution in [3.63, 3.8) is 0 Å². The molecule has 2 unspecified atom stereocenters. The Labute approximate surface area is 237 Å². The first-order chi connectivity index (χ1) is 19.4. The second-order valence-corrected chi connectivity index (χ2v) is 11.2. The number of benzene rings is 2. The van der Waals surface area contributed by atoms with Crippen molar-refractivity contribution in [2.24, 2.45) is 17.8 Å². The summed E-state index contributed by atoms with van der Waals surface area (Å²) in [5.74, 6) is 0.0827. The van der Waals surface area contributed by atoms with Crippen LogP contribution in [0.2, 0.25) is 0 Å². The number of carbonyl (C=O) groups is 3. The first kappa shape index (κ1) is 29.3. The van der Waals surface area contributed by atoms with Gasteiger partial charge in [-0.25, -0.2) is 4.79 Å². The molecule has 0 bridgehead atoms. The monoisotopic (exact) mass is 543 g/mol. The fraction of sp³-hybridized carbons (Fsp3) is 0.424. The minimum absolute atomic E-state index is 0.134. The van der Waals surface area contributed by atoms with Crippen molar-refractivity contribution in [3.05, 3.63) is 96.1 Å². The van der Waals surface area contributed by atoms with E-state index in [9.17, 15) is 14.4 Å². The average Bonchev–Trinajstić information content (AvgIpc) is 3.75. The smallest absolute Gasteiger partial charge is 0.328 e. The maximum absolute atomic E-state index is 13.5. The van der Waals surface area contributed by atoms with E-state index < -0.39 is 24.0 Å². The molecule has 0 aromatic heterocycles. The third-order valence-corrected chi connectivity index (χ3v) is 7.39. The number of nitrogens with one attached hydrogen (secondary N) is 3. The Bertz CT molecular complexity index is 1180. The molecule has 1 fully saturated rings. The van der Waals surface area contributed by atoms with E-state index in [1.807, 2.05) is 74.5 Å². The van der Waals surface area contributed by atoms with Crippen LogP contribution in [-0.2, 0) is 32.1 Å². The third kappa shape index (κ3) is 9.19. The molecule has 40 heavy (non-hydrogen) atoms. The highest BCUT2D eigenvalue weighted by atomic mass is 16.5. The highest BCUT2D eigenvalue weighted by molar-refractivity contribution is 5.91. The molecular formula is C33H41N3O4. The summed E-state index contributed by atoms with van der Waals surface area (Å²) in [5.41, 5.74) is 1.79. The maximum Gasteiger partial charge on any atom is 0.328 e. The van der Waals surface area contributed by atoms with Gasteiger partial charge < -0.3 is 20.7 Å². The van der Waals surface area contributed by atoms with Crippen molar-refractivity contribution in [2.45, 2.75) is 64.3 Å². The molecule has 1 saturated carbocycles. The van der Waals surface area contributed by atoms with Crippen LogP contribution in [0.1, 0.15) is 44.2 Å². The number of esters is 1. The number of carbonyl (C=O) groups excluding carboxylic acids is 3. The molecule has 5 atom stereocenters. The Morgan fingerprint density at radius 3 is 2.25 bits per heavy atom. The lowest BCUT2D eigenvalue weighted by molar-refractivity contribution is -0.149. The van der Waals surface area contributed by atoms with Crippen LogP contribution in [0, 0.1) is 17.8 Å². The Hall–Kier alpha value is -3.71. The summed E-state index contributed by atoms with van der Waals surface area (Å²) < 4.78 is 5.54. The van der Waals surface area contributed by atoms with Crippen LogP contribution < -0.4 is 16.0 Å². The van der Waals surface area contributed by atoms with Gasteiger partial charge in [0.05, 0.1) is 6.54 Å². The van der Waals surface area contributed by atoms with Gasteiger partial charge in [-0.3, -0.25) is 9.59 Å². The number of allylic oxidation sites excluding steroid dienone is 4. The second kappa shape index (κ2) is 14.6. The van der Waals surface area contributed by atoms with Crippen molar-refractivity contribution in [3.8, 4) is 0 Å². The van der Waals surface area contributed by atoms with Crippen LogP contribution in [0.3, 0.4) is 0 Å². The van der Waals surface area contributed by atoms with Crippen LogP contribution in [0.15, 0.2) is 85.0 Å². The fourth-order valence-electron chi connectivity index (χ4n) is 5.16. The predicted molar refractivity (Wildman–Crippen MR) is 156 cm³/mol. The van der Waals surface area contributed by atoms with E-state index in [0.29, 0.717) is 30.7 Å². The number of hydrogen-bond donors (Lipinski definition) is 3. The van der Waals surface area contributed by atoms with Gasteiger partial charge in [0.15, 0.2) is 0 Å². The molecule has 2 aromatic rings. The molecule has 0 aliphatic heterocycles. The zero-order chi connectivity index (χ0) is 28.3. The molecule has 0 spiro atoms. The summed E-state index contributed by atoms with van der Waals surface area (Å²) in [6.45, 7) is 4.25. The zero-order valence-electron chi connectivity index (χ0n) is 23.4. The van der Waals surface area contributed by atoms with E-state index in [1.165, 1.54) is 0 Å². The predicted octanol–water partition coefficient (Wildman–Crippen LogP) is 4.10. The molecule has 2 aromatic carbocycles. The van der Waals surface area contributed by atoms with Crippen molar-refractivity contribution >= 4 is 17.8 Å². The molecule has 4 rings (SSSR count).